The number of hydrogen-bond donors (Lipinski definition) is 1. The highest BCUT2D eigenvalue weighted by atomic mass is 32.1. The van der Waals surface area contributed by atoms with Crippen molar-refractivity contribution in [3.63, 3.8) is 0 Å². The molecule has 0 saturated carbocycles. The molecule has 6 rings (SSSR count). The van der Waals surface area contributed by atoms with Crippen molar-refractivity contribution in [2.45, 2.75) is 0 Å². The van der Waals surface area contributed by atoms with Crippen molar-refractivity contribution in [1.29, 1.82) is 0 Å². The van der Waals surface area contributed by atoms with Gasteiger partial charge in [0.1, 0.15) is 5.75 Å². The molecular weight excluding hydrogens is 371 g/mol. The summed E-state index contributed by atoms with van der Waals surface area (Å²) in [4.78, 5) is 0. The second-order valence-corrected chi connectivity index (χ2v) is 8.64. The Hall–Kier alpha value is -2.60. The first-order valence-corrected chi connectivity index (χ1v) is 10.3. The molecule has 1 N–H and O–H groups in total. The molecule has 0 aliphatic heterocycles. The number of benzene rings is 4. The van der Waals surface area contributed by atoms with E-state index in [9.17, 15) is 0 Å². The first kappa shape index (κ1) is 15.5. The molecule has 27 heavy (non-hydrogen) atoms. The van der Waals surface area contributed by atoms with Crippen molar-refractivity contribution in [3.8, 4) is 5.75 Å². The first-order valence-electron chi connectivity index (χ1n) is 8.66. The SMILES string of the molecule is O[B]Oc1ccc2sc3c4sc5ccccc5c4c4ccccc4c3c2c1. The van der Waals surface area contributed by atoms with Gasteiger partial charge >= 0.3 is 7.69 Å². The fraction of sp³-hybridized carbons (Fsp3) is 0. The predicted octanol–water partition coefficient (Wildman–Crippen LogP) is 6.48. The van der Waals surface area contributed by atoms with Crippen LogP contribution in [0.3, 0.4) is 0 Å². The highest BCUT2D eigenvalue weighted by Crippen LogP contribution is 2.49. The van der Waals surface area contributed by atoms with E-state index in [1.54, 1.807) is 0 Å². The summed E-state index contributed by atoms with van der Waals surface area (Å²) in [6.07, 6.45) is 0. The summed E-state index contributed by atoms with van der Waals surface area (Å²) < 4.78 is 10.4. The van der Waals surface area contributed by atoms with Crippen LogP contribution in [0.4, 0.5) is 0 Å². The van der Waals surface area contributed by atoms with Crippen molar-refractivity contribution in [2.24, 2.45) is 0 Å². The molecule has 127 valence electrons. The Bertz CT molecular complexity index is 1500. The Morgan fingerprint density at radius 1 is 0.667 bits per heavy atom. The Kier molecular flexibility index (Phi) is 3.26. The molecule has 0 unspecified atom stereocenters. The van der Waals surface area contributed by atoms with Gasteiger partial charge in [-0.2, -0.15) is 0 Å². The van der Waals surface area contributed by atoms with Crippen molar-refractivity contribution in [3.05, 3.63) is 66.7 Å². The molecule has 0 aliphatic carbocycles. The Morgan fingerprint density at radius 2 is 1.26 bits per heavy atom. The van der Waals surface area contributed by atoms with E-state index in [0.29, 0.717) is 5.75 Å². The van der Waals surface area contributed by atoms with Crippen LogP contribution >= 0.6 is 22.7 Å². The topological polar surface area (TPSA) is 29.5 Å². The van der Waals surface area contributed by atoms with Crippen LogP contribution in [0.1, 0.15) is 0 Å². The highest BCUT2D eigenvalue weighted by molar-refractivity contribution is 7.33. The van der Waals surface area contributed by atoms with Gasteiger partial charge in [-0.1, -0.05) is 42.5 Å². The molecule has 1 radical (unpaired) electrons. The maximum atomic E-state index is 9.01. The standard InChI is InChI=1S/C22H12BO2S2/c24-23-25-12-9-10-18-16(11-12)20-14-6-2-1-5-13(14)19-15-7-3-4-8-17(15)26-21(19)22(20)27-18/h1-11,24H. The van der Waals surface area contributed by atoms with Crippen molar-refractivity contribution in [1.82, 2.24) is 0 Å². The zero-order valence-electron chi connectivity index (χ0n) is 14.1. The van der Waals surface area contributed by atoms with E-state index in [0.717, 1.165) is 7.69 Å². The van der Waals surface area contributed by atoms with E-state index in [-0.39, 0.29) is 0 Å². The summed E-state index contributed by atoms with van der Waals surface area (Å²) in [5.41, 5.74) is 0. The Labute approximate surface area is 163 Å². The van der Waals surface area contributed by atoms with Gasteiger partial charge in [-0.05, 0) is 35.0 Å². The highest BCUT2D eigenvalue weighted by Gasteiger charge is 2.18. The summed E-state index contributed by atoms with van der Waals surface area (Å²) in [6, 6.07) is 23.3. The number of hydrogen-bond acceptors (Lipinski definition) is 4. The lowest BCUT2D eigenvalue weighted by atomic mass is 9.99. The smallest absolute Gasteiger partial charge is 0.537 e. The molecular formula is C22H12BO2S2. The van der Waals surface area contributed by atoms with Gasteiger partial charge in [0, 0.05) is 30.9 Å². The molecule has 4 aromatic carbocycles. The molecule has 0 amide bonds. The van der Waals surface area contributed by atoms with E-state index in [4.69, 9.17) is 9.68 Å². The first-order chi connectivity index (χ1) is 13.3. The van der Waals surface area contributed by atoms with Gasteiger partial charge in [-0.15, -0.1) is 22.7 Å². The largest absolute Gasteiger partial charge is 0.569 e. The monoisotopic (exact) mass is 383 g/mol. The van der Waals surface area contributed by atoms with Gasteiger partial charge in [0.2, 0.25) is 0 Å². The van der Waals surface area contributed by atoms with Gasteiger partial charge < -0.3 is 9.68 Å². The van der Waals surface area contributed by atoms with Crippen LogP contribution in [0, 0.1) is 0 Å². The molecule has 2 nitrogen and oxygen atoms in total. The third kappa shape index (κ3) is 2.10. The summed E-state index contributed by atoms with van der Waals surface area (Å²) >= 11 is 3.70. The lowest BCUT2D eigenvalue weighted by Crippen LogP contribution is -1.98. The van der Waals surface area contributed by atoms with Crippen LogP contribution in [0.15, 0.2) is 66.7 Å². The van der Waals surface area contributed by atoms with Gasteiger partial charge in [0.15, 0.2) is 0 Å². The number of thiophene rings is 2. The van der Waals surface area contributed by atoms with Crippen molar-refractivity contribution in [2.75, 3.05) is 0 Å². The normalized spacial score (nSPS) is 11.9. The van der Waals surface area contributed by atoms with E-state index in [1.165, 1.54) is 51.1 Å². The average molecular weight is 383 g/mol. The van der Waals surface area contributed by atoms with Crippen LogP contribution in [0.5, 0.6) is 5.75 Å². The van der Waals surface area contributed by atoms with Gasteiger partial charge in [0.05, 0.1) is 9.40 Å². The molecule has 0 atom stereocenters. The molecule has 0 fully saturated rings. The quantitative estimate of drug-likeness (QED) is 0.347. The minimum atomic E-state index is 0.644. The van der Waals surface area contributed by atoms with Gasteiger partial charge in [0.25, 0.3) is 0 Å². The van der Waals surface area contributed by atoms with Crippen LogP contribution in [0.25, 0.3) is 51.1 Å². The molecule has 0 aliphatic rings. The molecule has 2 heterocycles. The predicted molar refractivity (Wildman–Crippen MR) is 118 cm³/mol. The molecule has 0 saturated heterocycles. The number of fused-ring (bicyclic) bond motifs is 10. The molecule has 0 bridgehead atoms. The van der Waals surface area contributed by atoms with E-state index >= 15 is 0 Å². The molecule has 0 spiro atoms. The zero-order valence-corrected chi connectivity index (χ0v) is 15.7. The minimum Gasteiger partial charge on any atom is -0.537 e. The van der Waals surface area contributed by atoms with Crippen LogP contribution in [0.2, 0.25) is 0 Å². The molecule has 5 heteroatoms. The van der Waals surface area contributed by atoms with E-state index in [1.807, 2.05) is 34.8 Å². The second-order valence-electron chi connectivity index (χ2n) is 6.54. The maximum Gasteiger partial charge on any atom is 0.569 e. The lowest BCUT2D eigenvalue weighted by molar-refractivity contribution is 0.454. The third-order valence-electron chi connectivity index (χ3n) is 5.12. The Morgan fingerprint density at radius 3 is 1.96 bits per heavy atom. The Balaban J connectivity index is 1.92. The number of rotatable bonds is 2. The van der Waals surface area contributed by atoms with E-state index < -0.39 is 0 Å². The van der Waals surface area contributed by atoms with Crippen LogP contribution in [-0.2, 0) is 0 Å². The third-order valence-corrected chi connectivity index (χ3v) is 7.62. The van der Waals surface area contributed by atoms with Crippen LogP contribution < -0.4 is 4.65 Å². The summed E-state index contributed by atoms with van der Waals surface area (Å²) in [6.45, 7) is 0. The summed E-state index contributed by atoms with van der Waals surface area (Å²) in [5.74, 6) is 0.644. The van der Waals surface area contributed by atoms with Crippen molar-refractivity contribution < 1.29 is 9.68 Å². The lowest BCUT2D eigenvalue weighted by Gasteiger charge is -2.05. The summed E-state index contributed by atoms with van der Waals surface area (Å²) in [7, 11) is 0.734. The van der Waals surface area contributed by atoms with Gasteiger partial charge in [-0.25, -0.2) is 0 Å². The minimum absolute atomic E-state index is 0.644. The van der Waals surface area contributed by atoms with Crippen LogP contribution in [-0.4, -0.2) is 12.7 Å². The average Bonchev–Trinajstić information content (AvgIpc) is 3.27. The molecule has 6 aromatic rings. The zero-order chi connectivity index (χ0) is 18.0. The fourth-order valence-electron chi connectivity index (χ4n) is 4.03. The second kappa shape index (κ2) is 5.70. The summed E-state index contributed by atoms with van der Waals surface area (Å²) in [5, 5.41) is 16.7. The van der Waals surface area contributed by atoms with Crippen molar-refractivity contribution >= 4 is 81.5 Å². The maximum absolute atomic E-state index is 9.01. The molecule has 2 aromatic heterocycles. The fourth-order valence-corrected chi connectivity index (χ4v) is 6.59. The van der Waals surface area contributed by atoms with Gasteiger partial charge in [-0.3, -0.25) is 0 Å². The van der Waals surface area contributed by atoms with E-state index in [2.05, 4.69) is 54.6 Å².